The van der Waals surface area contributed by atoms with Crippen LogP contribution in [0.2, 0.25) is 0 Å². The summed E-state index contributed by atoms with van der Waals surface area (Å²) in [5.41, 5.74) is 0.989. The molecule has 1 aliphatic rings. The largest absolute Gasteiger partial charge is 0.464 e. The Morgan fingerprint density at radius 2 is 1.94 bits per heavy atom. The lowest BCUT2D eigenvalue weighted by molar-refractivity contribution is -0.137. The quantitative estimate of drug-likeness (QED) is 0.802. The number of benzene rings is 1. The molecule has 0 radical (unpaired) electrons. The summed E-state index contributed by atoms with van der Waals surface area (Å²) in [7, 11) is -3.57. The molecule has 17 heavy (non-hydrogen) atoms. The number of aryl methyl sites for hydroxylation is 1. The molecule has 1 heterocycles. The third-order valence-electron chi connectivity index (χ3n) is 2.51. The summed E-state index contributed by atoms with van der Waals surface area (Å²) in [5, 5.41) is 0. The molecule has 0 amide bonds. The van der Waals surface area contributed by atoms with Crippen molar-refractivity contribution in [3.8, 4) is 0 Å². The summed E-state index contributed by atoms with van der Waals surface area (Å²) >= 11 is 0. The Morgan fingerprint density at radius 1 is 1.29 bits per heavy atom. The highest BCUT2D eigenvalue weighted by atomic mass is 32.2. The predicted octanol–water partition coefficient (Wildman–Crippen LogP) is 0.589. The Bertz CT molecular complexity index is 521. The second kappa shape index (κ2) is 4.46. The number of ether oxygens (including phenoxy) is 1. The number of hydrogen-bond donors (Lipinski definition) is 1. The molecule has 1 N–H and O–H groups in total. The van der Waals surface area contributed by atoms with E-state index in [9.17, 15) is 13.2 Å². The number of esters is 1. The molecular weight excluding hydrogens is 242 g/mol. The maximum atomic E-state index is 11.9. The number of nitrogens with one attached hydrogen (secondary N) is 1. The number of sulfonamides is 1. The van der Waals surface area contributed by atoms with Gasteiger partial charge in [-0.25, -0.2) is 13.1 Å². The summed E-state index contributed by atoms with van der Waals surface area (Å²) < 4.78 is 31.0. The fraction of sp³-hybridized carbons (Fsp3) is 0.364. The van der Waals surface area contributed by atoms with E-state index in [0.29, 0.717) is 0 Å². The SMILES string of the molecule is Cc1ccc(S(=O)(=O)N[C@@H]2COC(=O)C2)cc1. The van der Waals surface area contributed by atoms with Crippen molar-refractivity contribution in [1.82, 2.24) is 4.72 Å². The highest BCUT2D eigenvalue weighted by molar-refractivity contribution is 7.89. The number of carbonyl (C=O) groups is 1. The lowest BCUT2D eigenvalue weighted by Crippen LogP contribution is -2.35. The van der Waals surface area contributed by atoms with Crippen molar-refractivity contribution in [2.45, 2.75) is 24.3 Å². The van der Waals surface area contributed by atoms with Gasteiger partial charge in [0.15, 0.2) is 0 Å². The van der Waals surface area contributed by atoms with E-state index < -0.39 is 16.1 Å². The van der Waals surface area contributed by atoms with Crippen molar-refractivity contribution < 1.29 is 17.9 Å². The van der Waals surface area contributed by atoms with Crippen LogP contribution in [0, 0.1) is 6.92 Å². The monoisotopic (exact) mass is 255 g/mol. The molecule has 1 aromatic carbocycles. The zero-order chi connectivity index (χ0) is 12.5. The van der Waals surface area contributed by atoms with E-state index in [1.807, 2.05) is 6.92 Å². The fourth-order valence-electron chi connectivity index (χ4n) is 1.59. The maximum Gasteiger partial charge on any atom is 0.307 e. The first-order valence-electron chi connectivity index (χ1n) is 5.22. The molecule has 1 aliphatic heterocycles. The summed E-state index contributed by atoms with van der Waals surface area (Å²) in [6, 6.07) is 6.06. The van der Waals surface area contributed by atoms with Crippen LogP contribution in [0.15, 0.2) is 29.2 Å². The zero-order valence-corrected chi connectivity index (χ0v) is 10.2. The van der Waals surface area contributed by atoms with Gasteiger partial charge in [0.1, 0.15) is 6.61 Å². The van der Waals surface area contributed by atoms with E-state index in [1.165, 1.54) is 12.1 Å². The molecule has 92 valence electrons. The molecular formula is C11H13NO4S. The minimum absolute atomic E-state index is 0.0884. The van der Waals surface area contributed by atoms with Crippen molar-refractivity contribution in [2.24, 2.45) is 0 Å². The number of carbonyl (C=O) groups excluding carboxylic acids is 1. The predicted molar refractivity (Wildman–Crippen MR) is 60.9 cm³/mol. The van der Waals surface area contributed by atoms with Crippen LogP contribution in [0.4, 0.5) is 0 Å². The highest BCUT2D eigenvalue weighted by Gasteiger charge is 2.28. The van der Waals surface area contributed by atoms with Crippen LogP contribution < -0.4 is 4.72 Å². The van der Waals surface area contributed by atoms with Crippen LogP contribution in [0.1, 0.15) is 12.0 Å². The molecule has 1 saturated heterocycles. The Balaban J connectivity index is 2.14. The average molecular weight is 255 g/mol. The third-order valence-corrected chi connectivity index (χ3v) is 4.05. The van der Waals surface area contributed by atoms with E-state index >= 15 is 0 Å². The van der Waals surface area contributed by atoms with Gasteiger partial charge >= 0.3 is 5.97 Å². The first-order valence-corrected chi connectivity index (χ1v) is 6.70. The summed E-state index contributed by atoms with van der Waals surface area (Å²) in [6.45, 7) is 1.98. The molecule has 5 nitrogen and oxygen atoms in total. The van der Waals surface area contributed by atoms with Crippen LogP contribution in [-0.2, 0) is 19.6 Å². The van der Waals surface area contributed by atoms with Gasteiger partial charge in [-0.1, -0.05) is 17.7 Å². The summed E-state index contributed by atoms with van der Waals surface area (Å²) in [4.78, 5) is 11.1. The van der Waals surface area contributed by atoms with E-state index in [-0.39, 0.29) is 23.9 Å². The van der Waals surface area contributed by atoms with Crippen LogP contribution >= 0.6 is 0 Å². The van der Waals surface area contributed by atoms with Gasteiger partial charge in [-0.3, -0.25) is 4.79 Å². The first-order chi connectivity index (χ1) is 7.97. The maximum absolute atomic E-state index is 11.9. The molecule has 1 fully saturated rings. The molecule has 2 rings (SSSR count). The molecule has 0 bridgehead atoms. The first kappa shape index (κ1) is 12.1. The van der Waals surface area contributed by atoms with Crippen LogP contribution in [0.5, 0.6) is 0 Å². The van der Waals surface area contributed by atoms with Crippen LogP contribution in [0.3, 0.4) is 0 Å². The smallest absolute Gasteiger partial charge is 0.307 e. The number of rotatable bonds is 3. The van der Waals surface area contributed by atoms with Crippen molar-refractivity contribution in [2.75, 3.05) is 6.61 Å². The Kier molecular flexibility index (Phi) is 3.17. The van der Waals surface area contributed by atoms with Crippen molar-refractivity contribution in [3.05, 3.63) is 29.8 Å². The van der Waals surface area contributed by atoms with Gasteiger partial charge < -0.3 is 4.74 Å². The Morgan fingerprint density at radius 3 is 2.47 bits per heavy atom. The van der Waals surface area contributed by atoms with E-state index in [2.05, 4.69) is 4.72 Å². The second-order valence-corrected chi connectivity index (χ2v) is 5.73. The van der Waals surface area contributed by atoms with Gasteiger partial charge in [0.05, 0.1) is 17.4 Å². The molecule has 0 aromatic heterocycles. The van der Waals surface area contributed by atoms with E-state index in [0.717, 1.165) is 5.56 Å². The topological polar surface area (TPSA) is 72.5 Å². The normalized spacial score (nSPS) is 20.3. The van der Waals surface area contributed by atoms with Gasteiger partial charge in [-0.05, 0) is 19.1 Å². The van der Waals surface area contributed by atoms with Gasteiger partial charge in [-0.2, -0.15) is 0 Å². The van der Waals surface area contributed by atoms with Gasteiger partial charge in [0.2, 0.25) is 10.0 Å². The highest BCUT2D eigenvalue weighted by Crippen LogP contribution is 2.13. The Labute approximate surface area is 99.8 Å². The molecule has 1 aromatic rings. The average Bonchev–Trinajstić information content (AvgIpc) is 2.63. The van der Waals surface area contributed by atoms with Crippen molar-refractivity contribution in [1.29, 1.82) is 0 Å². The van der Waals surface area contributed by atoms with Gasteiger partial charge in [0.25, 0.3) is 0 Å². The van der Waals surface area contributed by atoms with Gasteiger partial charge in [-0.15, -0.1) is 0 Å². The van der Waals surface area contributed by atoms with Gasteiger partial charge in [0, 0.05) is 0 Å². The number of cyclic esters (lactones) is 1. The molecule has 1 atom stereocenters. The standard InChI is InChI=1S/C11H13NO4S/c1-8-2-4-10(5-3-8)17(14,15)12-9-6-11(13)16-7-9/h2-5,9,12H,6-7H2,1H3/t9-/m0/s1. The molecule has 0 unspecified atom stereocenters. The summed E-state index contributed by atoms with van der Waals surface area (Å²) in [5.74, 6) is -0.374. The van der Waals surface area contributed by atoms with Crippen molar-refractivity contribution >= 4 is 16.0 Å². The van der Waals surface area contributed by atoms with Crippen LogP contribution in [0.25, 0.3) is 0 Å². The third kappa shape index (κ3) is 2.83. The Hall–Kier alpha value is -1.40. The zero-order valence-electron chi connectivity index (χ0n) is 9.34. The lowest BCUT2D eigenvalue weighted by atomic mass is 10.2. The lowest BCUT2D eigenvalue weighted by Gasteiger charge is -2.10. The molecule has 0 spiro atoms. The second-order valence-electron chi connectivity index (χ2n) is 4.02. The minimum atomic E-state index is -3.57. The van der Waals surface area contributed by atoms with E-state index in [4.69, 9.17) is 4.74 Å². The van der Waals surface area contributed by atoms with Crippen molar-refractivity contribution in [3.63, 3.8) is 0 Å². The molecule has 6 heteroatoms. The fourth-order valence-corrected chi connectivity index (χ4v) is 2.81. The molecule has 0 aliphatic carbocycles. The van der Waals surface area contributed by atoms with Crippen LogP contribution in [-0.4, -0.2) is 27.0 Å². The molecule has 0 saturated carbocycles. The van der Waals surface area contributed by atoms with E-state index in [1.54, 1.807) is 12.1 Å². The minimum Gasteiger partial charge on any atom is -0.464 e. The number of hydrogen-bond acceptors (Lipinski definition) is 4. The summed E-state index contributed by atoms with van der Waals surface area (Å²) in [6.07, 6.45) is 0.0884.